The van der Waals surface area contributed by atoms with Crippen LogP contribution in [0.2, 0.25) is 0 Å². The number of halogens is 1. The maximum Gasteiger partial charge on any atom is 0.507 e. The van der Waals surface area contributed by atoms with E-state index < -0.39 is 23.4 Å². The topological polar surface area (TPSA) is 93.1 Å². The minimum Gasteiger partial charge on any atom is -0.450 e. The van der Waals surface area contributed by atoms with E-state index in [2.05, 4.69) is 25.4 Å². The summed E-state index contributed by atoms with van der Waals surface area (Å²) in [6.07, 6.45) is -3.88. The van der Waals surface area contributed by atoms with Crippen molar-refractivity contribution in [1.29, 1.82) is 0 Å². The molecule has 0 aromatic rings. The largest absolute Gasteiger partial charge is 0.507 e. The van der Waals surface area contributed by atoms with Gasteiger partial charge in [-0.1, -0.05) is 0 Å². The van der Waals surface area contributed by atoms with Gasteiger partial charge < -0.3 is 19.7 Å². The third-order valence-electron chi connectivity index (χ3n) is 0.869. The van der Waals surface area contributed by atoms with Crippen LogP contribution in [0.15, 0.2) is 0 Å². The summed E-state index contributed by atoms with van der Waals surface area (Å²) >= 11 is 2.78. The van der Waals surface area contributed by atoms with Crippen molar-refractivity contribution in [3.8, 4) is 0 Å². The van der Waals surface area contributed by atoms with E-state index in [9.17, 15) is 9.59 Å². The summed E-state index contributed by atoms with van der Waals surface area (Å²) in [7, 11) is 0. The van der Waals surface area contributed by atoms with Crippen LogP contribution in [-0.4, -0.2) is 33.6 Å². The van der Waals surface area contributed by atoms with Crippen LogP contribution >= 0.6 is 15.9 Å². The molecule has 0 amide bonds. The monoisotopic (exact) mass is 242 g/mol. The van der Waals surface area contributed by atoms with Crippen molar-refractivity contribution in [1.82, 2.24) is 0 Å². The second-order valence-corrected chi connectivity index (χ2v) is 2.73. The fraction of sp³-hybridized carbons (Fsp3) is 0.600. The molecule has 0 heterocycles. The van der Waals surface area contributed by atoms with E-state index in [0.717, 1.165) is 0 Å². The van der Waals surface area contributed by atoms with Crippen molar-refractivity contribution < 1.29 is 29.3 Å². The predicted molar refractivity (Wildman–Crippen MR) is 40.4 cm³/mol. The van der Waals surface area contributed by atoms with Crippen molar-refractivity contribution in [2.45, 2.75) is 18.0 Å². The molecule has 0 rings (SSSR count). The number of carboxylic acid groups (broad SMARTS) is 2. The minimum atomic E-state index is -1.50. The Morgan fingerprint density at radius 2 is 1.67 bits per heavy atom. The maximum absolute atomic E-state index is 9.95. The number of alkyl halides is 1. The highest BCUT2D eigenvalue weighted by atomic mass is 79.9. The SMILES string of the molecule is CC(OC(=O)O)C(Br)OC(=O)O. The molecular formula is C5H7BrO6. The first-order valence-corrected chi connectivity index (χ1v) is 3.78. The van der Waals surface area contributed by atoms with Gasteiger partial charge in [-0.2, -0.15) is 0 Å². The van der Waals surface area contributed by atoms with Crippen LogP contribution in [0.25, 0.3) is 0 Å². The van der Waals surface area contributed by atoms with Gasteiger partial charge in [0.15, 0.2) is 5.01 Å². The second-order valence-electron chi connectivity index (χ2n) is 1.82. The van der Waals surface area contributed by atoms with Crippen molar-refractivity contribution in [2.75, 3.05) is 0 Å². The minimum absolute atomic E-state index is 0.890. The molecule has 0 radical (unpaired) electrons. The Morgan fingerprint density at radius 3 is 2.00 bits per heavy atom. The van der Waals surface area contributed by atoms with E-state index in [1.807, 2.05) is 0 Å². The van der Waals surface area contributed by atoms with Crippen molar-refractivity contribution in [3.05, 3.63) is 0 Å². The normalized spacial score (nSPS) is 14.5. The predicted octanol–water partition coefficient (Wildman–Crippen LogP) is 1.49. The van der Waals surface area contributed by atoms with E-state index in [4.69, 9.17) is 10.2 Å². The van der Waals surface area contributed by atoms with Crippen molar-refractivity contribution >= 4 is 28.2 Å². The van der Waals surface area contributed by atoms with E-state index in [-0.39, 0.29) is 0 Å². The average molecular weight is 243 g/mol. The number of hydrogen-bond acceptors (Lipinski definition) is 4. The third kappa shape index (κ3) is 4.78. The molecule has 2 unspecified atom stereocenters. The quantitative estimate of drug-likeness (QED) is 0.576. The summed E-state index contributed by atoms with van der Waals surface area (Å²) in [5.74, 6) is 0. The smallest absolute Gasteiger partial charge is 0.450 e. The Kier molecular flexibility index (Phi) is 4.42. The van der Waals surface area contributed by atoms with Gasteiger partial charge in [-0.05, 0) is 22.9 Å². The molecule has 0 saturated heterocycles. The lowest BCUT2D eigenvalue weighted by Gasteiger charge is -2.15. The lowest BCUT2D eigenvalue weighted by Crippen LogP contribution is -2.27. The zero-order valence-electron chi connectivity index (χ0n) is 6.06. The van der Waals surface area contributed by atoms with Gasteiger partial charge >= 0.3 is 12.3 Å². The van der Waals surface area contributed by atoms with Crippen LogP contribution in [-0.2, 0) is 9.47 Å². The van der Waals surface area contributed by atoms with Crippen molar-refractivity contribution in [2.24, 2.45) is 0 Å². The lowest BCUT2D eigenvalue weighted by molar-refractivity contribution is 0.00210. The van der Waals surface area contributed by atoms with E-state index in [1.54, 1.807) is 0 Å². The maximum atomic E-state index is 9.95. The van der Waals surface area contributed by atoms with Gasteiger partial charge in [-0.15, -0.1) is 0 Å². The molecule has 6 nitrogen and oxygen atoms in total. The fourth-order valence-corrected chi connectivity index (χ4v) is 0.672. The van der Waals surface area contributed by atoms with E-state index in [0.29, 0.717) is 0 Å². The van der Waals surface area contributed by atoms with Crippen molar-refractivity contribution in [3.63, 3.8) is 0 Å². The Morgan fingerprint density at radius 1 is 1.25 bits per heavy atom. The van der Waals surface area contributed by atoms with Crippen LogP contribution in [0, 0.1) is 0 Å². The molecule has 7 heteroatoms. The summed E-state index contributed by atoms with van der Waals surface area (Å²) < 4.78 is 8.35. The zero-order valence-corrected chi connectivity index (χ0v) is 7.65. The van der Waals surface area contributed by atoms with Crippen LogP contribution < -0.4 is 0 Å². The number of hydrogen-bond donors (Lipinski definition) is 2. The van der Waals surface area contributed by atoms with Crippen LogP contribution in [0.1, 0.15) is 6.92 Å². The van der Waals surface area contributed by atoms with E-state index >= 15 is 0 Å². The van der Waals surface area contributed by atoms with Crippen LogP contribution in [0.4, 0.5) is 9.59 Å². The van der Waals surface area contributed by atoms with Gasteiger partial charge in [0.2, 0.25) is 0 Å². The number of ether oxygens (including phenoxy) is 2. The molecule has 0 spiro atoms. The highest BCUT2D eigenvalue weighted by Gasteiger charge is 2.21. The summed E-state index contributed by atoms with van der Waals surface area (Å²) in [6, 6.07) is 0. The van der Waals surface area contributed by atoms with Gasteiger partial charge in [-0.25, -0.2) is 9.59 Å². The standard InChI is InChI=1S/C5H7BrO6/c1-2(11-4(7)8)3(6)12-5(9)10/h2-3H,1H3,(H,7,8)(H,9,10). The third-order valence-corrected chi connectivity index (χ3v) is 1.80. The molecule has 0 aliphatic rings. The molecule has 12 heavy (non-hydrogen) atoms. The molecule has 0 fully saturated rings. The van der Waals surface area contributed by atoms with Crippen LogP contribution in [0.5, 0.6) is 0 Å². The summed E-state index contributed by atoms with van der Waals surface area (Å²) in [4.78, 5) is 19.9. The van der Waals surface area contributed by atoms with Gasteiger partial charge in [0.25, 0.3) is 0 Å². The molecular weight excluding hydrogens is 236 g/mol. The molecule has 0 aliphatic heterocycles. The first-order valence-electron chi connectivity index (χ1n) is 2.86. The Hall–Kier alpha value is -0.980. The Labute approximate surface area is 76.2 Å². The summed E-state index contributed by atoms with van der Waals surface area (Å²) in [5.41, 5.74) is 0. The zero-order chi connectivity index (χ0) is 9.72. The van der Waals surface area contributed by atoms with Gasteiger partial charge in [-0.3, -0.25) is 0 Å². The highest BCUT2D eigenvalue weighted by Crippen LogP contribution is 2.11. The summed E-state index contributed by atoms with van der Waals surface area (Å²) in [5, 5.41) is 15.2. The fourth-order valence-electron chi connectivity index (χ4n) is 0.405. The number of rotatable bonds is 3. The molecule has 0 bridgehead atoms. The highest BCUT2D eigenvalue weighted by molar-refractivity contribution is 9.09. The molecule has 2 atom stereocenters. The molecule has 2 N–H and O–H groups in total. The second kappa shape index (κ2) is 4.81. The molecule has 0 aromatic carbocycles. The first-order chi connectivity index (χ1) is 5.43. The Bertz CT molecular complexity index is 161. The average Bonchev–Trinajstić information content (AvgIpc) is 1.84. The van der Waals surface area contributed by atoms with Gasteiger partial charge in [0.1, 0.15) is 6.10 Å². The molecule has 70 valence electrons. The van der Waals surface area contributed by atoms with Gasteiger partial charge in [0.05, 0.1) is 0 Å². The molecule has 0 aliphatic carbocycles. The number of carbonyl (C=O) groups is 2. The molecule has 0 aromatic heterocycles. The molecule has 0 saturated carbocycles. The van der Waals surface area contributed by atoms with E-state index in [1.165, 1.54) is 6.92 Å². The lowest BCUT2D eigenvalue weighted by atomic mass is 10.4. The Balaban J connectivity index is 3.83. The first kappa shape index (κ1) is 11.0. The summed E-state index contributed by atoms with van der Waals surface area (Å²) in [6.45, 7) is 1.36. The van der Waals surface area contributed by atoms with Crippen LogP contribution in [0.3, 0.4) is 0 Å². The van der Waals surface area contributed by atoms with Gasteiger partial charge in [0, 0.05) is 0 Å².